The zero-order valence-corrected chi connectivity index (χ0v) is 10.2. The van der Waals surface area contributed by atoms with Crippen LogP contribution in [0.2, 0.25) is 0 Å². The van der Waals surface area contributed by atoms with Gasteiger partial charge in [0.05, 0.1) is 6.04 Å². The summed E-state index contributed by atoms with van der Waals surface area (Å²) in [7, 11) is 0. The molecular formula is C12H15FN4O. The van der Waals surface area contributed by atoms with E-state index in [1.807, 2.05) is 6.92 Å². The van der Waals surface area contributed by atoms with E-state index in [4.69, 9.17) is 0 Å². The van der Waals surface area contributed by atoms with E-state index >= 15 is 0 Å². The fourth-order valence-corrected chi connectivity index (χ4v) is 2.51. The summed E-state index contributed by atoms with van der Waals surface area (Å²) in [4.78, 5) is 22.8. The molecule has 3 rings (SSSR count). The maximum absolute atomic E-state index is 13.1. The van der Waals surface area contributed by atoms with Crippen molar-refractivity contribution < 1.29 is 9.18 Å². The second-order valence-electron chi connectivity index (χ2n) is 4.78. The summed E-state index contributed by atoms with van der Waals surface area (Å²) >= 11 is 0. The lowest BCUT2D eigenvalue weighted by Gasteiger charge is -2.21. The van der Waals surface area contributed by atoms with Crippen molar-refractivity contribution in [3.8, 4) is 0 Å². The van der Waals surface area contributed by atoms with Gasteiger partial charge in [-0.3, -0.25) is 4.90 Å². The first-order valence-corrected chi connectivity index (χ1v) is 6.27. The number of amides is 2. The number of hydrogen-bond acceptors (Lipinski definition) is 3. The zero-order valence-electron chi connectivity index (χ0n) is 10.2. The Balaban J connectivity index is 1.94. The molecule has 0 N–H and O–H groups in total. The SMILES string of the molecule is CCN1C[C@H](C2CC2)N(c2ccnc(F)n2)C1=O. The van der Waals surface area contributed by atoms with Crippen molar-refractivity contribution in [1.82, 2.24) is 14.9 Å². The van der Waals surface area contributed by atoms with Gasteiger partial charge < -0.3 is 4.90 Å². The van der Waals surface area contributed by atoms with E-state index < -0.39 is 6.08 Å². The average molecular weight is 250 g/mol. The van der Waals surface area contributed by atoms with Gasteiger partial charge in [0.25, 0.3) is 0 Å². The molecule has 1 aliphatic heterocycles. The van der Waals surface area contributed by atoms with Crippen molar-refractivity contribution in [3.05, 3.63) is 18.3 Å². The fourth-order valence-electron chi connectivity index (χ4n) is 2.51. The highest BCUT2D eigenvalue weighted by Crippen LogP contribution is 2.40. The van der Waals surface area contributed by atoms with Crippen LogP contribution >= 0.6 is 0 Å². The molecule has 0 spiro atoms. The molecule has 1 atom stereocenters. The largest absolute Gasteiger partial charge is 0.326 e. The van der Waals surface area contributed by atoms with Crippen LogP contribution in [0.25, 0.3) is 0 Å². The summed E-state index contributed by atoms with van der Waals surface area (Å²) in [6.07, 6.45) is 2.84. The number of carbonyl (C=O) groups is 1. The molecular weight excluding hydrogens is 235 g/mol. The summed E-state index contributed by atoms with van der Waals surface area (Å²) in [5.74, 6) is 0.906. The van der Waals surface area contributed by atoms with Crippen LogP contribution in [0.5, 0.6) is 0 Å². The van der Waals surface area contributed by atoms with E-state index in [1.54, 1.807) is 15.9 Å². The topological polar surface area (TPSA) is 49.3 Å². The first-order valence-electron chi connectivity index (χ1n) is 6.27. The summed E-state index contributed by atoms with van der Waals surface area (Å²) < 4.78 is 13.1. The number of aromatic nitrogens is 2. The van der Waals surface area contributed by atoms with E-state index in [2.05, 4.69) is 9.97 Å². The number of halogens is 1. The number of nitrogens with zero attached hydrogens (tertiary/aromatic N) is 4. The third-order valence-corrected chi connectivity index (χ3v) is 3.62. The Morgan fingerprint density at radius 1 is 1.50 bits per heavy atom. The number of rotatable bonds is 3. The predicted octanol–water partition coefficient (Wildman–Crippen LogP) is 1.66. The number of hydrogen-bond donors (Lipinski definition) is 0. The van der Waals surface area contributed by atoms with Gasteiger partial charge >= 0.3 is 12.1 Å². The molecule has 2 aliphatic rings. The van der Waals surface area contributed by atoms with Crippen LogP contribution < -0.4 is 4.90 Å². The van der Waals surface area contributed by atoms with Gasteiger partial charge in [0, 0.05) is 19.3 Å². The minimum absolute atomic E-state index is 0.0764. The molecule has 1 aromatic rings. The smallest absolute Gasteiger partial charge is 0.322 e. The highest BCUT2D eigenvalue weighted by molar-refractivity contribution is 5.94. The molecule has 1 saturated carbocycles. The lowest BCUT2D eigenvalue weighted by atomic mass is 10.2. The highest BCUT2D eigenvalue weighted by atomic mass is 19.1. The molecule has 1 aromatic heterocycles. The van der Waals surface area contributed by atoms with Gasteiger partial charge in [0.15, 0.2) is 0 Å². The van der Waals surface area contributed by atoms with E-state index in [-0.39, 0.29) is 12.1 Å². The maximum atomic E-state index is 13.1. The van der Waals surface area contributed by atoms with Crippen LogP contribution in [0.3, 0.4) is 0 Å². The third-order valence-electron chi connectivity index (χ3n) is 3.62. The molecule has 1 aliphatic carbocycles. The van der Waals surface area contributed by atoms with E-state index in [0.717, 1.165) is 12.8 Å². The molecule has 5 nitrogen and oxygen atoms in total. The molecule has 0 aromatic carbocycles. The molecule has 0 unspecified atom stereocenters. The molecule has 6 heteroatoms. The Kier molecular flexibility index (Phi) is 2.65. The second kappa shape index (κ2) is 4.19. The van der Waals surface area contributed by atoms with Crippen LogP contribution in [0.1, 0.15) is 19.8 Å². The molecule has 0 radical (unpaired) electrons. The van der Waals surface area contributed by atoms with Crippen LogP contribution in [0, 0.1) is 12.0 Å². The minimum Gasteiger partial charge on any atom is -0.322 e. The Morgan fingerprint density at radius 3 is 2.89 bits per heavy atom. The maximum Gasteiger partial charge on any atom is 0.326 e. The van der Waals surface area contributed by atoms with Gasteiger partial charge in [0.1, 0.15) is 5.82 Å². The van der Waals surface area contributed by atoms with Crippen molar-refractivity contribution in [2.24, 2.45) is 5.92 Å². The molecule has 0 bridgehead atoms. The van der Waals surface area contributed by atoms with Crippen LogP contribution in [0.15, 0.2) is 12.3 Å². The first kappa shape index (κ1) is 11.4. The Morgan fingerprint density at radius 2 is 2.28 bits per heavy atom. The molecule has 2 fully saturated rings. The van der Waals surface area contributed by atoms with Crippen molar-refractivity contribution >= 4 is 11.8 Å². The molecule has 96 valence electrons. The number of likely N-dealkylation sites (N-methyl/N-ethyl adjacent to an activating group) is 1. The highest BCUT2D eigenvalue weighted by Gasteiger charge is 2.46. The monoisotopic (exact) mass is 250 g/mol. The summed E-state index contributed by atoms with van der Waals surface area (Å²) in [5.41, 5.74) is 0. The first-order chi connectivity index (χ1) is 8.70. The lowest BCUT2D eigenvalue weighted by molar-refractivity contribution is 0.222. The van der Waals surface area contributed by atoms with E-state index in [9.17, 15) is 9.18 Å². The molecule has 1 saturated heterocycles. The average Bonchev–Trinajstić information content (AvgIpc) is 3.13. The molecule has 18 heavy (non-hydrogen) atoms. The third kappa shape index (κ3) is 1.81. The quantitative estimate of drug-likeness (QED) is 0.766. The van der Waals surface area contributed by atoms with Gasteiger partial charge in [-0.05, 0) is 31.7 Å². The van der Waals surface area contributed by atoms with Crippen molar-refractivity contribution in [2.45, 2.75) is 25.8 Å². The fraction of sp³-hybridized carbons (Fsp3) is 0.583. The number of carbonyl (C=O) groups excluding carboxylic acids is 1. The van der Waals surface area contributed by atoms with Crippen LogP contribution in [-0.4, -0.2) is 40.0 Å². The van der Waals surface area contributed by atoms with Crippen molar-refractivity contribution in [1.29, 1.82) is 0 Å². The Bertz CT molecular complexity index is 477. The Hall–Kier alpha value is -1.72. The van der Waals surface area contributed by atoms with Gasteiger partial charge in [-0.1, -0.05) is 0 Å². The normalized spacial score (nSPS) is 23.9. The molecule has 2 heterocycles. The van der Waals surface area contributed by atoms with Crippen molar-refractivity contribution in [3.63, 3.8) is 0 Å². The predicted molar refractivity (Wildman–Crippen MR) is 63.6 cm³/mol. The van der Waals surface area contributed by atoms with Gasteiger partial charge in [-0.2, -0.15) is 9.37 Å². The molecule has 2 amide bonds. The zero-order chi connectivity index (χ0) is 12.7. The Labute approximate surface area is 105 Å². The minimum atomic E-state index is -0.787. The van der Waals surface area contributed by atoms with Crippen LogP contribution in [-0.2, 0) is 0 Å². The van der Waals surface area contributed by atoms with E-state index in [1.165, 1.54) is 6.20 Å². The van der Waals surface area contributed by atoms with Gasteiger partial charge in [-0.15, -0.1) is 0 Å². The van der Waals surface area contributed by atoms with Gasteiger partial charge in [0.2, 0.25) is 0 Å². The second-order valence-corrected chi connectivity index (χ2v) is 4.78. The summed E-state index contributed by atoms with van der Waals surface area (Å²) in [5, 5.41) is 0. The van der Waals surface area contributed by atoms with Crippen molar-refractivity contribution in [2.75, 3.05) is 18.0 Å². The van der Waals surface area contributed by atoms with E-state index in [0.29, 0.717) is 24.8 Å². The van der Waals surface area contributed by atoms with Gasteiger partial charge in [-0.25, -0.2) is 9.78 Å². The van der Waals surface area contributed by atoms with Crippen LogP contribution in [0.4, 0.5) is 15.0 Å². The lowest BCUT2D eigenvalue weighted by Crippen LogP contribution is -2.37. The number of urea groups is 1. The summed E-state index contributed by atoms with van der Waals surface area (Å²) in [6, 6.07) is 1.65. The summed E-state index contributed by atoms with van der Waals surface area (Å²) in [6.45, 7) is 3.34. The number of anilines is 1. The standard InChI is InChI=1S/C12H15FN4O/c1-2-16-7-9(8-3-4-8)17(12(16)18)10-5-6-14-11(13)15-10/h5-6,8-9H,2-4,7H2,1H3/t9-/m1/s1.